The third kappa shape index (κ3) is 3.53. The molecule has 0 saturated carbocycles. The molecule has 0 fully saturated rings. The molecule has 2 N–H and O–H groups in total. The number of benzene rings is 1. The molecule has 0 atom stereocenters. The molecule has 0 bridgehead atoms. The van der Waals surface area contributed by atoms with Gasteiger partial charge in [0, 0.05) is 11.8 Å². The van der Waals surface area contributed by atoms with E-state index >= 15 is 0 Å². The maximum atomic E-state index is 12.1. The lowest BCUT2D eigenvalue weighted by Gasteiger charge is -2.06. The lowest BCUT2D eigenvalue weighted by Crippen LogP contribution is -2.13. The Balaban J connectivity index is 2.23. The summed E-state index contributed by atoms with van der Waals surface area (Å²) in [5.41, 5.74) is 0.764. The van der Waals surface area contributed by atoms with Crippen LogP contribution < -0.4 is 5.32 Å². The van der Waals surface area contributed by atoms with E-state index in [1.54, 1.807) is 24.3 Å². The summed E-state index contributed by atoms with van der Waals surface area (Å²) in [7, 11) is 0. The molecule has 7 nitrogen and oxygen atoms in total. The number of aliphatic hydroxyl groups excluding tert-OH is 1. The molecule has 1 aromatic heterocycles. The number of carbonyl (C=O) groups excluding carboxylic acids is 1. The number of pyridine rings is 1. The highest BCUT2D eigenvalue weighted by atomic mass is 35.5. The Hall–Kier alpha value is -2.51. The first-order chi connectivity index (χ1) is 10.0. The number of nitrogens with zero attached hydrogens (tertiary/aromatic N) is 2. The van der Waals surface area contributed by atoms with E-state index in [9.17, 15) is 14.9 Å². The molecule has 1 aromatic carbocycles. The van der Waals surface area contributed by atoms with Gasteiger partial charge in [-0.05, 0) is 17.7 Å². The highest BCUT2D eigenvalue weighted by molar-refractivity contribution is 6.33. The van der Waals surface area contributed by atoms with Crippen LogP contribution in [0, 0.1) is 10.1 Å². The van der Waals surface area contributed by atoms with Gasteiger partial charge in [-0.3, -0.25) is 14.9 Å². The monoisotopic (exact) mass is 307 g/mol. The lowest BCUT2D eigenvalue weighted by molar-refractivity contribution is -0.385. The minimum Gasteiger partial charge on any atom is -0.392 e. The number of rotatable bonds is 4. The summed E-state index contributed by atoms with van der Waals surface area (Å²) in [4.78, 5) is 25.7. The van der Waals surface area contributed by atoms with Crippen molar-refractivity contribution in [2.45, 2.75) is 6.61 Å². The quantitative estimate of drug-likeness (QED) is 0.512. The molecule has 8 heteroatoms. The fourth-order valence-electron chi connectivity index (χ4n) is 1.59. The van der Waals surface area contributed by atoms with E-state index in [1.807, 2.05) is 0 Å². The van der Waals surface area contributed by atoms with Crippen LogP contribution in [0.1, 0.15) is 15.9 Å². The fourth-order valence-corrected chi connectivity index (χ4v) is 1.78. The highest BCUT2D eigenvalue weighted by Gasteiger charge is 2.17. The summed E-state index contributed by atoms with van der Waals surface area (Å²) in [5, 5.41) is 22.0. The second-order valence-electron chi connectivity index (χ2n) is 4.10. The van der Waals surface area contributed by atoms with E-state index in [0.29, 0.717) is 11.3 Å². The average molecular weight is 308 g/mol. The van der Waals surface area contributed by atoms with Crippen LogP contribution in [0.4, 0.5) is 11.4 Å². The standard InChI is InChI=1S/C13H10ClN3O4/c14-12-11(5-10(6-15-12)17(20)21)13(19)16-9-3-1-8(7-18)2-4-9/h1-6,18H,7H2,(H,16,19). The summed E-state index contributed by atoms with van der Waals surface area (Å²) in [6, 6.07) is 7.54. The first-order valence-electron chi connectivity index (χ1n) is 5.82. The van der Waals surface area contributed by atoms with Gasteiger partial charge in [-0.1, -0.05) is 23.7 Å². The summed E-state index contributed by atoms with van der Waals surface area (Å²) in [6.45, 7) is -0.102. The van der Waals surface area contributed by atoms with Crippen LogP contribution in [0.3, 0.4) is 0 Å². The van der Waals surface area contributed by atoms with Gasteiger partial charge in [0.2, 0.25) is 0 Å². The third-order valence-electron chi connectivity index (χ3n) is 2.67. The van der Waals surface area contributed by atoms with Gasteiger partial charge < -0.3 is 10.4 Å². The van der Waals surface area contributed by atoms with Crippen molar-refractivity contribution in [3.05, 3.63) is 62.9 Å². The maximum Gasteiger partial charge on any atom is 0.288 e. The second kappa shape index (κ2) is 6.29. The number of hydrogen-bond acceptors (Lipinski definition) is 5. The molecule has 21 heavy (non-hydrogen) atoms. The molecule has 108 valence electrons. The first kappa shape index (κ1) is 14.9. The van der Waals surface area contributed by atoms with E-state index in [4.69, 9.17) is 16.7 Å². The molecule has 0 aliphatic carbocycles. The normalized spacial score (nSPS) is 10.2. The van der Waals surface area contributed by atoms with Crippen molar-refractivity contribution in [2.75, 3.05) is 5.32 Å². The minimum absolute atomic E-state index is 0.0860. The Bertz CT molecular complexity index is 688. The zero-order valence-electron chi connectivity index (χ0n) is 10.6. The zero-order chi connectivity index (χ0) is 15.4. The van der Waals surface area contributed by atoms with Gasteiger partial charge in [-0.25, -0.2) is 4.98 Å². The SMILES string of the molecule is O=C(Nc1ccc(CO)cc1)c1cc([N+](=O)[O-])cnc1Cl. The number of aromatic nitrogens is 1. The number of amides is 1. The number of anilines is 1. The van der Waals surface area contributed by atoms with Crippen LogP contribution in [-0.2, 0) is 6.61 Å². The summed E-state index contributed by atoms with van der Waals surface area (Å²) >= 11 is 5.78. The number of carbonyl (C=O) groups is 1. The predicted octanol–water partition coefficient (Wildman–Crippen LogP) is 2.39. The molecule has 0 aliphatic rings. The van der Waals surface area contributed by atoms with Crippen LogP contribution in [-0.4, -0.2) is 20.9 Å². The molecule has 2 aromatic rings. The minimum atomic E-state index is -0.657. The molecular formula is C13H10ClN3O4. The topological polar surface area (TPSA) is 105 Å². The van der Waals surface area contributed by atoms with E-state index in [-0.39, 0.29) is 23.0 Å². The largest absolute Gasteiger partial charge is 0.392 e. The second-order valence-corrected chi connectivity index (χ2v) is 4.46. The van der Waals surface area contributed by atoms with Gasteiger partial charge in [-0.15, -0.1) is 0 Å². The number of aliphatic hydroxyl groups is 1. The number of halogens is 1. The van der Waals surface area contributed by atoms with Crippen molar-refractivity contribution in [1.82, 2.24) is 4.98 Å². The zero-order valence-corrected chi connectivity index (χ0v) is 11.4. The molecule has 0 saturated heterocycles. The van der Waals surface area contributed by atoms with E-state index in [1.165, 1.54) is 0 Å². The molecule has 0 unspecified atom stereocenters. The van der Waals surface area contributed by atoms with Crippen LogP contribution in [0.2, 0.25) is 5.15 Å². The van der Waals surface area contributed by atoms with Crippen molar-refractivity contribution >= 4 is 28.9 Å². The molecule has 0 radical (unpaired) electrons. The molecule has 0 aliphatic heterocycles. The van der Waals surface area contributed by atoms with Crippen molar-refractivity contribution in [3.8, 4) is 0 Å². The van der Waals surface area contributed by atoms with E-state index in [0.717, 1.165) is 12.3 Å². The van der Waals surface area contributed by atoms with Gasteiger partial charge in [0.1, 0.15) is 11.3 Å². The lowest BCUT2D eigenvalue weighted by atomic mass is 10.2. The number of nitrogens with one attached hydrogen (secondary N) is 1. The van der Waals surface area contributed by atoms with Crippen molar-refractivity contribution < 1.29 is 14.8 Å². The Morgan fingerprint density at radius 3 is 2.62 bits per heavy atom. The predicted molar refractivity (Wildman–Crippen MR) is 76.2 cm³/mol. The van der Waals surface area contributed by atoms with E-state index in [2.05, 4.69) is 10.3 Å². The summed E-state index contributed by atoms with van der Waals surface area (Å²) in [6.07, 6.45) is 0.981. The molecule has 1 heterocycles. The third-order valence-corrected chi connectivity index (χ3v) is 2.98. The average Bonchev–Trinajstić information content (AvgIpc) is 2.48. The summed E-state index contributed by atoms with van der Waals surface area (Å²) < 4.78 is 0. The smallest absolute Gasteiger partial charge is 0.288 e. The van der Waals surface area contributed by atoms with Crippen LogP contribution in [0.5, 0.6) is 0 Å². The fraction of sp³-hybridized carbons (Fsp3) is 0.0769. The Labute approximate surface area is 124 Å². The van der Waals surface area contributed by atoms with Crippen molar-refractivity contribution in [3.63, 3.8) is 0 Å². The number of hydrogen-bond donors (Lipinski definition) is 2. The van der Waals surface area contributed by atoms with Crippen molar-refractivity contribution in [2.24, 2.45) is 0 Å². The van der Waals surface area contributed by atoms with Gasteiger partial charge in [0.05, 0.1) is 17.1 Å². The Kier molecular flexibility index (Phi) is 4.46. The molecule has 0 spiro atoms. The van der Waals surface area contributed by atoms with Crippen molar-refractivity contribution in [1.29, 1.82) is 0 Å². The highest BCUT2D eigenvalue weighted by Crippen LogP contribution is 2.20. The van der Waals surface area contributed by atoms with E-state index < -0.39 is 10.8 Å². The van der Waals surface area contributed by atoms with Gasteiger partial charge in [0.25, 0.3) is 11.6 Å². The molecule has 1 amide bonds. The Morgan fingerprint density at radius 1 is 1.38 bits per heavy atom. The maximum absolute atomic E-state index is 12.1. The van der Waals surface area contributed by atoms with Crippen LogP contribution in [0.15, 0.2) is 36.5 Å². The van der Waals surface area contributed by atoms with Gasteiger partial charge in [-0.2, -0.15) is 0 Å². The van der Waals surface area contributed by atoms with Crippen LogP contribution in [0.25, 0.3) is 0 Å². The van der Waals surface area contributed by atoms with Gasteiger partial charge in [0.15, 0.2) is 0 Å². The first-order valence-corrected chi connectivity index (χ1v) is 6.20. The number of nitro groups is 1. The molecule has 2 rings (SSSR count). The Morgan fingerprint density at radius 2 is 2.05 bits per heavy atom. The summed E-state index contributed by atoms with van der Waals surface area (Å²) in [5.74, 6) is -0.604. The molecular weight excluding hydrogens is 298 g/mol. The van der Waals surface area contributed by atoms with Crippen LogP contribution >= 0.6 is 11.6 Å². The van der Waals surface area contributed by atoms with Gasteiger partial charge >= 0.3 is 0 Å².